The molecule has 0 spiro atoms. The van der Waals surface area contributed by atoms with Crippen molar-refractivity contribution in [3.63, 3.8) is 0 Å². The van der Waals surface area contributed by atoms with Crippen LogP contribution in [0.25, 0.3) is 0 Å². The summed E-state index contributed by atoms with van der Waals surface area (Å²) < 4.78 is 21.4. The fourth-order valence-corrected chi connectivity index (χ4v) is 2.21. The van der Waals surface area contributed by atoms with Gasteiger partial charge in [-0.1, -0.05) is 19.9 Å². The summed E-state index contributed by atoms with van der Waals surface area (Å²) in [5.41, 5.74) is 0.737. The number of carbonyl (C=O) groups is 2. The molecule has 0 saturated carbocycles. The summed E-state index contributed by atoms with van der Waals surface area (Å²) in [6.07, 6.45) is 2.07. The van der Waals surface area contributed by atoms with Crippen molar-refractivity contribution >= 4 is 11.9 Å². The summed E-state index contributed by atoms with van der Waals surface area (Å²) in [6.45, 7) is 8.18. The first-order valence-electron chi connectivity index (χ1n) is 9.50. The SMILES string of the molecule is C=C(C)C(=O)OCCOc1ccc(C(=O)Oc2ccc(OCCCC)cc2)cc1. The summed E-state index contributed by atoms with van der Waals surface area (Å²) in [5.74, 6) is 0.825. The van der Waals surface area contributed by atoms with E-state index < -0.39 is 11.9 Å². The molecule has 2 aromatic rings. The van der Waals surface area contributed by atoms with Crippen molar-refractivity contribution in [2.45, 2.75) is 26.7 Å². The van der Waals surface area contributed by atoms with Crippen LogP contribution in [-0.2, 0) is 9.53 Å². The zero-order valence-electron chi connectivity index (χ0n) is 16.8. The van der Waals surface area contributed by atoms with E-state index in [-0.39, 0.29) is 13.2 Å². The monoisotopic (exact) mass is 398 g/mol. The molecule has 2 aromatic carbocycles. The zero-order chi connectivity index (χ0) is 21.1. The predicted octanol–water partition coefficient (Wildman–Crippen LogP) is 4.58. The molecule has 0 fully saturated rings. The minimum atomic E-state index is -0.466. The molecule has 6 heteroatoms. The van der Waals surface area contributed by atoms with Gasteiger partial charge in [0.25, 0.3) is 0 Å². The van der Waals surface area contributed by atoms with Gasteiger partial charge in [0, 0.05) is 5.57 Å². The van der Waals surface area contributed by atoms with E-state index in [2.05, 4.69) is 13.5 Å². The lowest BCUT2D eigenvalue weighted by molar-refractivity contribution is -0.139. The Balaban J connectivity index is 1.79. The summed E-state index contributed by atoms with van der Waals surface area (Å²) in [7, 11) is 0. The second-order valence-electron chi connectivity index (χ2n) is 6.35. The third-order valence-electron chi connectivity index (χ3n) is 3.82. The Hall–Kier alpha value is -3.28. The van der Waals surface area contributed by atoms with Crippen LogP contribution in [0, 0.1) is 0 Å². The third-order valence-corrected chi connectivity index (χ3v) is 3.82. The highest BCUT2D eigenvalue weighted by atomic mass is 16.6. The van der Waals surface area contributed by atoms with Crippen LogP contribution < -0.4 is 14.2 Å². The van der Waals surface area contributed by atoms with Crippen LogP contribution in [0.15, 0.2) is 60.7 Å². The molecule has 0 saturated heterocycles. The van der Waals surface area contributed by atoms with Gasteiger partial charge in [0.05, 0.1) is 12.2 Å². The van der Waals surface area contributed by atoms with Gasteiger partial charge < -0.3 is 18.9 Å². The average Bonchev–Trinajstić information content (AvgIpc) is 2.72. The molecule has 154 valence electrons. The van der Waals surface area contributed by atoms with E-state index in [1.54, 1.807) is 55.5 Å². The summed E-state index contributed by atoms with van der Waals surface area (Å²) in [5, 5.41) is 0. The fourth-order valence-electron chi connectivity index (χ4n) is 2.21. The van der Waals surface area contributed by atoms with Crippen LogP contribution in [-0.4, -0.2) is 31.8 Å². The van der Waals surface area contributed by atoms with Gasteiger partial charge in [-0.05, 0) is 61.9 Å². The Labute approximate surface area is 171 Å². The predicted molar refractivity (Wildman–Crippen MR) is 110 cm³/mol. The van der Waals surface area contributed by atoms with Gasteiger partial charge in [-0.25, -0.2) is 9.59 Å². The summed E-state index contributed by atoms with van der Waals surface area (Å²) in [6, 6.07) is 13.5. The lowest BCUT2D eigenvalue weighted by atomic mass is 10.2. The minimum absolute atomic E-state index is 0.119. The second-order valence-corrected chi connectivity index (χ2v) is 6.35. The van der Waals surface area contributed by atoms with Crippen LogP contribution >= 0.6 is 0 Å². The maximum absolute atomic E-state index is 12.3. The Morgan fingerprint density at radius 2 is 1.38 bits per heavy atom. The van der Waals surface area contributed by atoms with E-state index in [1.165, 1.54) is 0 Å². The van der Waals surface area contributed by atoms with E-state index in [4.69, 9.17) is 18.9 Å². The van der Waals surface area contributed by atoms with Crippen molar-refractivity contribution in [3.05, 3.63) is 66.2 Å². The first-order chi connectivity index (χ1) is 14.0. The minimum Gasteiger partial charge on any atom is -0.494 e. The number of benzene rings is 2. The smallest absolute Gasteiger partial charge is 0.343 e. The van der Waals surface area contributed by atoms with Crippen molar-refractivity contribution in [1.29, 1.82) is 0 Å². The largest absolute Gasteiger partial charge is 0.494 e. The number of hydrogen-bond donors (Lipinski definition) is 0. The summed E-state index contributed by atoms with van der Waals surface area (Å²) >= 11 is 0. The molecule has 0 radical (unpaired) electrons. The molecule has 0 amide bonds. The zero-order valence-corrected chi connectivity index (χ0v) is 16.8. The van der Waals surface area contributed by atoms with Crippen LogP contribution in [0.2, 0.25) is 0 Å². The Morgan fingerprint density at radius 3 is 1.97 bits per heavy atom. The molecular weight excluding hydrogens is 372 g/mol. The number of ether oxygens (including phenoxy) is 4. The molecule has 0 bridgehead atoms. The molecular formula is C23H26O6. The molecule has 0 heterocycles. The second kappa shape index (κ2) is 11.5. The van der Waals surface area contributed by atoms with Gasteiger partial charge in [0.15, 0.2) is 0 Å². The van der Waals surface area contributed by atoms with Gasteiger partial charge in [-0.15, -0.1) is 0 Å². The summed E-state index contributed by atoms with van der Waals surface area (Å²) in [4.78, 5) is 23.5. The van der Waals surface area contributed by atoms with Gasteiger partial charge in [-0.2, -0.15) is 0 Å². The molecule has 0 aliphatic heterocycles. The first-order valence-corrected chi connectivity index (χ1v) is 9.50. The molecule has 29 heavy (non-hydrogen) atoms. The van der Waals surface area contributed by atoms with Crippen molar-refractivity contribution in [3.8, 4) is 17.2 Å². The standard InChI is InChI=1S/C23H26O6/c1-4-5-14-26-20-10-12-21(13-11-20)29-23(25)18-6-8-19(9-7-18)27-15-16-28-22(24)17(2)3/h6-13H,2,4-5,14-16H2,1,3H3. The number of carbonyl (C=O) groups excluding carboxylic acids is 2. The van der Waals surface area contributed by atoms with Crippen LogP contribution in [0.4, 0.5) is 0 Å². The van der Waals surface area contributed by atoms with Crippen LogP contribution in [0.3, 0.4) is 0 Å². The Kier molecular flexibility index (Phi) is 8.76. The quantitative estimate of drug-likeness (QED) is 0.239. The first kappa shape index (κ1) is 22.0. The average molecular weight is 398 g/mol. The maximum atomic E-state index is 12.3. The van der Waals surface area contributed by atoms with E-state index >= 15 is 0 Å². The molecule has 0 N–H and O–H groups in total. The Morgan fingerprint density at radius 1 is 0.828 bits per heavy atom. The molecule has 0 unspecified atom stereocenters. The topological polar surface area (TPSA) is 71.1 Å². The van der Waals surface area contributed by atoms with Crippen molar-refractivity contribution in [2.75, 3.05) is 19.8 Å². The number of hydrogen-bond acceptors (Lipinski definition) is 6. The van der Waals surface area contributed by atoms with E-state index in [0.29, 0.717) is 29.2 Å². The van der Waals surface area contributed by atoms with Crippen LogP contribution in [0.5, 0.6) is 17.2 Å². The van der Waals surface area contributed by atoms with Crippen molar-refractivity contribution < 1.29 is 28.5 Å². The number of rotatable bonds is 11. The van der Waals surface area contributed by atoms with Crippen molar-refractivity contribution in [1.82, 2.24) is 0 Å². The maximum Gasteiger partial charge on any atom is 0.343 e. The lowest BCUT2D eigenvalue weighted by Crippen LogP contribution is -2.12. The molecule has 0 aliphatic rings. The van der Waals surface area contributed by atoms with Crippen LogP contribution in [0.1, 0.15) is 37.0 Å². The molecule has 6 nitrogen and oxygen atoms in total. The van der Waals surface area contributed by atoms with Gasteiger partial charge in [-0.3, -0.25) is 0 Å². The highest BCUT2D eigenvalue weighted by Gasteiger charge is 2.09. The van der Waals surface area contributed by atoms with E-state index in [9.17, 15) is 9.59 Å². The number of unbranched alkanes of at least 4 members (excludes halogenated alkanes) is 1. The van der Waals surface area contributed by atoms with Crippen molar-refractivity contribution in [2.24, 2.45) is 0 Å². The van der Waals surface area contributed by atoms with Gasteiger partial charge >= 0.3 is 11.9 Å². The van der Waals surface area contributed by atoms with E-state index in [0.717, 1.165) is 18.6 Å². The Bertz CT molecular complexity index is 808. The fraction of sp³-hybridized carbons (Fsp3) is 0.304. The third kappa shape index (κ3) is 7.70. The highest BCUT2D eigenvalue weighted by Crippen LogP contribution is 2.20. The molecule has 0 aromatic heterocycles. The molecule has 0 aliphatic carbocycles. The van der Waals surface area contributed by atoms with Gasteiger partial charge in [0.1, 0.15) is 30.5 Å². The van der Waals surface area contributed by atoms with Gasteiger partial charge in [0.2, 0.25) is 0 Å². The molecule has 2 rings (SSSR count). The lowest BCUT2D eigenvalue weighted by Gasteiger charge is -2.09. The number of esters is 2. The molecule has 0 atom stereocenters. The van der Waals surface area contributed by atoms with E-state index in [1.807, 2.05) is 0 Å². The normalized spacial score (nSPS) is 10.1. The highest BCUT2D eigenvalue weighted by molar-refractivity contribution is 5.91.